The second kappa shape index (κ2) is 7.84. The molecule has 6 heteroatoms. The minimum atomic E-state index is -0.202. The molecule has 0 radical (unpaired) electrons. The Balaban J connectivity index is 1.79. The first kappa shape index (κ1) is 17.7. The van der Waals surface area contributed by atoms with Crippen molar-refractivity contribution in [3.05, 3.63) is 72.4 Å². The molecule has 1 heterocycles. The molecule has 1 aliphatic rings. The summed E-state index contributed by atoms with van der Waals surface area (Å²) in [6, 6.07) is 14.6. The third-order valence-electron chi connectivity index (χ3n) is 3.77. The van der Waals surface area contributed by atoms with Crippen molar-refractivity contribution in [3.63, 3.8) is 0 Å². The summed E-state index contributed by atoms with van der Waals surface area (Å²) in [4.78, 5) is 14.2. The Morgan fingerprint density at radius 1 is 1.12 bits per heavy atom. The van der Waals surface area contributed by atoms with Gasteiger partial charge in [0, 0.05) is 0 Å². The fourth-order valence-electron chi connectivity index (χ4n) is 2.48. The van der Waals surface area contributed by atoms with Crippen LogP contribution in [0.4, 0.5) is 5.69 Å². The van der Waals surface area contributed by atoms with Crippen LogP contribution in [0.25, 0.3) is 6.08 Å². The highest BCUT2D eigenvalue weighted by Gasteiger charge is 2.31. The molecule has 2 aromatic rings. The average molecular weight is 366 g/mol. The first-order chi connectivity index (χ1) is 12.6. The molecule has 26 heavy (non-hydrogen) atoms. The molecular formula is C20H18N2O3S. The highest BCUT2D eigenvalue weighted by Crippen LogP contribution is 2.25. The van der Waals surface area contributed by atoms with Crippen molar-refractivity contribution >= 4 is 35.0 Å². The maximum absolute atomic E-state index is 12.7. The average Bonchev–Trinajstić information content (AvgIpc) is 2.94. The number of benzene rings is 2. The lowest BCUT2D eigenvalue weighted by molar-refractivity contribution is -0.113. The zero-order valence-corrected chi connectivity index (χ0v) is 15.1. The summed E-state index contributed by atoms with van der Waals surface area (Å²) in [6.45, 7) is 4.06. The van der Waals surface area contributed by atoms with Crippen molar-refractivity contribution in [2.24, 2.45) is 0 Å². The van der Waals surface area contributed by atoms with Gasteiger partial charge in [-0.25, -0.2) is 0 Å². The maximum Gasteiger partial charge on any atom is 0.281 e. The van der Waals surface area contributed by atoms with Gasteiger partial charge in [-0.15, -0.1) is 0 Å². The van der Waals surface area contributed by atoms with E-state index in [2.05, 4.69) is 11.9 Å². The molecule has 0 saturated carbocycles. The predicted octanol–water partition coefficient (Wildman–Crippen LogP) is 3.52. The smallest absolute Gasteiger partial charge is 0.281 e. The lowest BCUT2D eigenvalue weighted by Gasteiger charge is -2.14. The van der Waals surface area contributed by atoms with E-state index in [1.807, 2.05) is 24.3 Å². The number of hydrogen-bond donors (Lipinski definition) is 1. The molecular weight excluding hydrogens is 348 g/mol. The zero-order chi connectivity index (χ0) is 18.5. The molecule has 0 bridgehead atoms. The minimum Gasteiger partial charge on any atom is -0.497 e. The number of rotatable bonds is 6. The molecule has 1 fully saturated rings. The Morgan fingerprint density at radius 2 is 1.77 bits per heavy atom. The predicted molar refractivity (Wildman–Crippen MR) is 106 cm³/mol. The van der Waals surface area contributed by atoms with Gasteiger partial charge in [0.15, 0.2) is 5.11 Å². The van der Waals surface area contributed by atoms with Gasteiger partial charge in [0.25, 0.3) is 5.91 Å². The molecule has 3 rings (SSSR count). The second-order valence-corrected chi connectivity index (χ2v) is 5.88. The molecule has 5 nitrogen and oxygen atoms in total. The number of ether oxygens (including phenoxy) is 2. The summed E-state index contributed by atoms with van der Waals surface area (Å²) < 4.78 is 10.6. The number of methoxy groups -OCH3 is 1. The first-order valence-corrected chi connectivity index (χ1v) is 8.38. The lowest BCUT2D eigenvalue weighted by Crippen LogP contribution is -2.30. The lowest BCUT2D eigenvalue weighted by atomic mass is 10.2. The molecule has 2 aromatic carbocycles. The van der Waals surface area contributed by atoms with Gasteiger partial charge in [0.2, 0.25) is 0 Å². The normalized spacial score (nSPS) is 15.1. The Morgan fingerprint density at radius 3 is 2.38 bits per heavy atom. The van der Waals surface area contributed by atoms with Gasteiger partial charge in [-0.1, -0.05) is 24.8 Å². The number of carbonyl (C=O) groups excluding carboxylic acids is 1. The Hall–Kier alpha value is -3.12. The molecule has 1 N–H and O–H groups in total. The summed E-state index contributed by atoms with van der Waals surface area (Å²) in [7, 11) is 1.59. The van der Waals surface area contributed by atoms with E-state index in [0.717, 1.165) is 11.3 Å². The summed E-state index contributed by atoms with van der Waals surface area (Å²) >= 11 is 5.32. The quantitative estimate of drug-likeness (QED) is 0.482. The maximum atomic E-state index is 12.7. The van der Waals surface area contributed by atoms with Crippen molar-refractivity contribution < 1.29 is 14.3 Å². The molecule has 0 spiro atoms. The van der Waals surface area contributed by atoms with Crippen LogP contribution in [0.5, 0.6) is 11.5 Å². The number of hydrogen-bond acceptors (Lipinski definition) is 4. The molecule has 1 saturated heterocycles. The van der Waals surface area contributed by atoms with E-state index in [4.69, 9.17) is 21.7 Å². The Kier molecular flexibility index (Phi) is 5.34. The number of nitrogens with one attached hydrogen (secondary N) is 1. The number of thiocarbonyl (C=S) groups is 1. The molecule has 1 aliphatic heterocycles. The Bertz CT molecular complexity index is 858. The van der Waals surface area contributed by atoms with Crippen LogP contribution in [0, 0.1) is 0 Å². The number of anilines is 1. The molecule has 0 aliphatic carbocycles. The Labute approximate surface area is 157 Å². The zero-order valence-electron chi connectivity index (χ0n) is 14.3. The van der Waals surface area contributed by atoms with Crippen LogP contribution >= 0.6 is 12.2 Å². The number of carbonyl (C=O) groups is 1. The standard InChI is InChI=1S/C20H18N2O3S/c1-3-12-25-17-8-4-14(5-9-17)13-18-19(23)22(20(26)21-18)15-6-10-16(24-2)11-7-15/h3-11,13H,1,12H2,2H3,(H,21,26)/b18-13-. The molecule has 1 amide bonds. The van der Waals surface area contributed by atoms with Gasteiger partial charge in [-0.2, -0.15) is 0 Å². The largest absolute Gasteiger partial charge is 0.497 e. The van der Waals surface area contributed by atoms with E-state index in [1.54, 1.807) is 43.5 Å². The first-order valence-electron chi connectivity index (χ1n) is 7.97. The van der Waals surface area contributed by atoms with Gasteiger partial charge in [0.05, 0.1) is 12.8 Å². The van der Waals surface area contributed by atoms with Crippen molar-refractivity contribution in [1.29, 1.82) is 0 Å². The van der Waals surface area contributed by atoms with Crippen LogP contribution in [0.1, 0.15) is 5.56 Å². The molecule has 0 atom stereocenters. The van der Waals surface area contributed by atoms with Crippen LogP contribution in [0.15, 0.2) is 66.9 Å². The van der Waals surface area contributed by atoms with Gasteiger partial charge < -0.3 is 14.8 Å². The SMILES string of the molecule is C=CCOc1ccc(/C=C2\NC(=S)N(c3ccc(OC)cc3)C2=O)cc1. The van der Waals surface area contributed by atoms with E-state index < -0.39 is 0 Å². The van der Waals surface area contributed by atoms with E-state index in [0.29, 0.717) is 28.9 Å². The molecule has 0 unspecified atom stereocenters. The second-order valence-electron chi connectivity index (χ2n) is 5.50. The third-order valence-corrected chi connectivity index (χ3v) is 4.05. The van der Waals surface area contributed by atoms with Gasteiger partial charge >= 0.3 is 0 Å². The highest BCUT2D eigenvalue weighted by atomic mass is 32.1. The van der Waals surface area contributed by atoms with Crippen LogP contribution in [0.3, 0.4) is 0 Å². The van der Waals surface area contributed by atoms with Gasteiger partial charge in [0.1, 0.15) is 23.8 Å². The van der Waals surface area contributed by atoms with Crippen molar-refractivity contribution in [2.75, 3.05) is 18.6 Å². The van der Waals surface area contributed by atoms with Crippen LogP contribution < -0.4 is 19.7 Å². The van der Waals surface area contributed by atoms with E-state index in [-0.39, 0.29) is 5.91 Å². The molecule has 132 valence electrons. The minimum absolute atomic E-state index is 0.202. The van der Waals surface area contributed by atoms with E-state index >= 15 is 0 Å². The van der Waals surface area contributed by atoms with Crippen LogP contribution in [-0.4, -0.2) is 24.7 Å². The van der Waals surface area contributed by atoms with Gasteiger partial charge in [-0.3, -0.25) is 9.69 Å². The fraction of sp³-hybridized carbons (Fsp3) is 0.100. The topological polar surface area (TPSA) is 50.8 Å². The van der Waals surface area contributed by atoms with Crippen molar-refractivity contribution in [1.82, 2.24) is 5.32 Å². The number of amides is 1. The van der Waals surface area contributed by atoms with Gasteiger partial charge in [-0.05, 0) is 60.3 Å². The summed E-state index contributed by atoms with van der Waals surface area (Å²) in [5, 5.41) is 3.32. The molecule has 0 aromatic heterocycles. The van der Waals surface area contributed by atoms with Crippen LogP contribution in [0.2, 0.25) is 0 Å². The van der Waals surface area contributed by atoms with Crippen molar-refractivity contribution in [2.45, 2.75) is 0 Å². The van der Waals surface area contributed by atoms with Crippen LogP contribution in [-0.2, 0) is 4.79 Å². The highest BCUT2D eigenvalue weighted by molar-refractivity contribution is 7.80. The summed E-state index contributed by atoms with van der Waals surface area (Å²) in [5.74, 6) is 1.26. The fourth-order valence-corrected chi connectivity index (χ4v) is 2.78. The van der Waals surface area contributed by atoms with Crippen molar-refractivity contribution in [3.8, 4) is 11.5 Å². The van der Waals surface area contributed by atoms with E-state index in [9.17, 15) is 4.79 Å². The monoisotopic (exact) mass is 366 g/mol. The summed E-state index contributed by atoms with van der Waals surface area (Å²) in [5.41, 5.74) is 1.97. The number of nitrogens with zero attached hydrogens (tertiary/aromatic N) is 1. The summed E-state index contributed by atoms with van der Waals surface area (Å²) in [6.07, 6.45) is 3.45. The van der Waals surface area contributed by atoms with E-state index in [1.165, 1.54) is 4.90 Å². The third kappa shape index (κ3) is 3.75.